The van der Waals surface area contributed by atoms with Crippen LogP contribution in [0.25, 0.3) is 0 Å². The minimum Gasteiger partial charge on any atom is -0.453 e. The maximum atomic E-state index is 13.3. The quantitative estimate of drug-likeness (QED) is 0.851. The van der Waals surface area contributed by atoms with Crippen molar-refractivity contribution in [2.45, 2.75) is 57.7 Å². The molecule has 3 atom stereocenters. The van der Waals surface area contributed by atoms with Crippen LogP contribution < -0.4 is 5.32 Å². The Morgan fingerprint density at radius 3 is 2.81 bits per heavy atom. The lowest BCUT2D eigenvalue weighted by atomic mass is 9.96. The predicted molar refractivity (Wildman–Crippen MR) is 94.5 cm³/mol. The maximum absolute atomic E-state index is 13.3. The number of carbonyl (C=O) groups is 2. The number of amides is 2. The number of ether oxygens (including phenoxy) is 2. The summed E-state index contributed by atoms with van der Waals surface area (Å²) in [5.74, 6) is 0.572. The van der Waals surface area contributed by atoms with Gasteiger partial charge in [-0.25, -0.2) is 9.78 Å². The molecule has 0 unspecified atom stereocenters. The number of aryl methyl sites for hydroxylation is 1. The molecular weight excluding hydrogens is 336 g/mol. The van der Waals surface area contributed by atoms with Crippen LogP contribution in [0.4, 0.5) is 4.79 Å². The largest absolute Gasteiger partial charge is 0.453 e. The number of rotatable bonds is 4. The summed E-state index contributed by atoms with van der Waals surface area (Å²) in [6, 6.07) is -0.840. The molecule has 3 heterocycles. The number of alkyl carbamates (subject to hydrolysis) is 1. The Hall–Kier alpha value is -2.09. The van der Waals surface area contributed by atoms with Gasteiger partial charge in [0, 0.05) is 24.9 Å². The number of hydrogen-bond acceptors (Lipinski definition) is 5. The van der Waals surface area contributed by atoms with Crippen LogP contribution in [0.3, 0.4) is 0 Å². The van der Waals surface area contributed by atoms with Crippen molar-refractivity contribution in [2.75, 3.05) is 20.3 Å². The van der Waals surface area contributed by atoms with Crippen molar-refractivity contribution in [3.05, 3.63) is 17.7 Å². The summed E-state index contributed by atoms with van der Waals surface area (Å²) in [6.45, 7) is 6.99. The van der Waals surface area contributed by atoms with Crippen LogP contribution in [0.2, 0.25) is 0 Å². The number of nitrogens with one attached hydrogen (secondary N) is 2. The average molecular weight is 364 g/mol. The first-order valence-corrected chi connectivity index (χ1v) is 9.15. The lowest BCUT2D eigenvalue weighted by Gasteiger charge is -2.30. The number of aromatic amines is 1. The third-order valence-corrected chi connectivity index (χ3v) is 5.30. The molecule has 2 fully saturated rings. The fourth-order valence-electron chi connectivity index (χ4n) is 3.94. The minimum absolute atomic E-state index is 0.0679. The Labute approximate surface area is 153 Å². The first-order valence-electron chi connectivity index (χ1n) is 9.15. The second-order valence-electron chi connectivity index (χ2n) is 7.63. The van der Waals surface area contributed by atoms with E-state index in [0.29, 0.717) is 13.0 Å². The molecule has 1 aromatic heterocycles. The van der Waals surface area contributed by atoms with E-state index in [1.165, 1.54) is 7.11 Å². The summed E-state index contributed by atoms with van der Waals surface area (Å²) in [6.07, 6.45) is 3.82. The normalized spacial score (nSPS) is 26.5. The lowest BCUT2D eigenvalue weighted by Crippen LogP contribution is -2.51. The molecule has 2 aliphatic rings. The molecule has 2 saturated heterocycles. The van der Waals surface area contributed by atoms with Crippen LogP contribution in [0.15, 0.2) is 6.20 Å². The van der Waals surface area contributed by atoms with Crippen LogP contribution in [0, 0.1) is 12.8 Å². The fourth-order valence-corrected chi connectivity index (χ4v) is 3.94. The summed E-state index contributed by atoms with van der Waals surface area (Å²) in [7, 11) is 1.29. The van der Waals surface area contributed by atoms with Gasteiger partial charge in [0.2, 0.25) is 5.91 Å². The Morgan fingerprint density at radius 2 is 2.27 bits per heavy atom. The highest BCUT2D eigenvalue weighted by Gasteiger charge is 2.51. The zero-order valence-electron chi connectivity index (χ0n) is 15.9. The summed E-state index contributed by atoms with van der Waals surface area (Å²) >= 11 is 0. The van der Waals surface area contributed by atoms with E-state index < -0.39 is 12.1 Å². The zero-order valence-corrected chi connectivity index (χ0v) is 15.9. The fraction of sp³-hybridized carbons (Fsp3) is 0.722. The molecule has 2 amide bonds. The molecule has 26 heavy (non-hydrogen) atoms. The molecule has 0 radical (unpaired) electrons. The number of nitrogens with zero attached hydrogens (tertiary/aromatic N) is 2. The van der Waals surface area contributed by atoms with Gasteiger partial charge in [-0.15, -0.1) is 0 Å². The van der Waals surface area contributed by atoms with E-state index in [0.717, 1.165) is 31.0 Å². The molecule has 0 bridgehead atoms. The molecule has 144 valence electrons. The van der Waals surface area contributed by atoms with Crippen molar-refractivity contribution in [3.63, 3.8) is 0 Å². The minimum atomic E-state index is -0.655. The first-order chi connectivity index (χ1) is 12.3. The summed E-state index contributed by atoms with van der Waals surface area (Å²) in [5, 5.41) is 2.68. The van der Waals surface area contributed by atoms with E-state index in [-0.39, 0.29) is 23.5 Å². The number of hydrogen-bond donors (Lipinski definition) is 2. The molecule has 0 aromatic carbocycles. The molecule has 8 heteroatoms. The Bertz CT molecular complexity index is 666. The molecule has 3 rings (SSSR count). The monoisotopic (exact) mass is 364 g/mol. The molecule has 0 aliphatic carbocycles. The molecule has 2 aliphatic heterocycles. The molecule has 0 saturated carbocycles. The van der Waals surface area contributed by atoms with E-state index >= 15 is 0 Å². The van der Waals surface area contributed by atoms with Crippen LogP contribution in [0.5, 0.6) is 0 Å². The van der Waals surface area contributed by atoms with Crippen molar-refractivity contribution in [1.82, 2.24) is 20.2 Å². The van der Waals surface area contributed by atoms with Gasteiger partial charge in [-0.2, -0.15) is 0 Å². The second-order valence-corrected chi connectivity index (χ2v) is 7.63. The van der Waals surface area contributed by atoms with Crippen molar-refractivity contribution in [3.8, 4) is 0 Å². The number of imidazole rings is 1. The van der Waals surface area contributed by atoms with Gasteiger partial charge in [-0.05, 0) is 25.7 Å². The average Bonchev–Trinajstić information content (AvgIpc) is 3.32. The molecule has 2 N–H and O–H groups in total. The third-order valence-electron chi connectivity index (χ3n) is 5.30. The second kappa shape index (κ2) is 7.26. The first kappa shape index (κ1) is 18.7. The molecular formula is C18H28N4O4. The van der Waals surface area contributed by atoms with Crippen molar-refractivity contribution in [2.24, 2.45) is 5.92 Å². The predicted octanol–water partition coefficient (Wildman–Crippen LogP) is 1.92. The van der Waals surface area contributed by atoms with Crippen molar-refractivity contribution < 1.29 is 19.1 Å². The van der Waals surface area contributed by atoms with Gasteiger partial charge in [0.1, 0.15) is 11.9 Å². The van der Waals surface area contributed by atoms with Gasteiger partial charge in [0.05, 0.1) is 25.3 Å². The van der Waals surface area contributed by atoms with Gasteiger partial charge in [-0.3, -0.25) is 4.79 Å². The number of likely N-dealkylation sites (tertiary alicyclic amines) is 1. The van der Waals surface area contributed by atoms with Crippen LogP contribution in [0.1, 0.15) is 50.7 Å². The van der Waals surface area contributed by atoms with Gasteiger partial charge < -0.3 is 24.7 Å². The Balaban J connectivity index is 1.87. The van der Waals surface area contributed by atoms with E-state index in [1.54, 1.807) is 6.20 Å². The van der Waals surface area contributed by atoms with Crippen LogP contribution in [-0.4, -0.2) is 58.8 Å². The summed E-state index contributed by atoms with van der Waals surface area (Å²) in [4.78, 5) is 34.5. The topological polar surface area (TPSA) is 96.6 Å². The van der Waals surface area contributed by atoms with Crippen molar-refractivity contribution >= 4 is 12.0 Å². The third kappa shape index (κ3) is 3.56. The Morgan fingerprint density at radius 1 is 1.50 bits per heavy atom. The number of methoxy groups -OCH3 is 1. The highest BCUT2D eigenvalue weighted by atomic mass is 16.5. The van der Waals surface area contributed by atoms with Gasteiger partial charge in [0.25, 0.3) is 0 Å². The van der Waals surface area contributed by atoms with E-state index in [2.05, 4.69) is 20.0 Å². The van der Waals surface area contributed by atoms with Gasteiger partial charge >= 0.3 is 6.09 Å². The Kier molecular flexibility index (Phi) is 5.22. The highest BCUT2D eigenvalue weighted by Crippen LogP contribution is 2.44. The van der Waals surface area contributed by atoms with E-state index in [9.17, 15) is 9.59 Å². The summed E-state index contributed by atoms with van der Waals surface area (Å²) < 4.78 is 10.7. The van der Waals surface area contributed by atoms with Crippen LogP contribution in [-0.2, 0) is 14.3 Å². The van der Waals surface area contributed by atoms with E-state index in [4.69, 9.17) is 4.74 Å². The maximum Gasteiger partial charge on any atom is 0.407 e. The smallest absolute Gasteiger partial charge is 0.407 e. The van der Waals surface area contributed by atoms with Crippen molar-refractivity contribution in [1.29, 1.82) is 0 Å². The zero-order chi connectivity index (χ0) is 18.9. The highest BCUT2D eigenvalue weighted by molar-refractivity contribution is 5.86. The lowest BCUT2D eigenvalue weighted by molar-refractivity contribution is -0.136. The SMILES string of the molecule is COC(=O)N[C@H](C(=O)N1C[C@]2(CCCO2)C[C@H]1c1ncc(C)[nH]1)C(C)C. The molecule has 8 nitrogen and oxygen atoms in total. The number of carbonyl (C=O) groups excluding carboxylic acids is 2. The molecule has 1 aromatic rings. The standard InChI is InChI=1S/C18H28N4O4/c1-11(2)14(21-17(24)25-4)16(23)22-10-18(6-5-7-26-18)8-13(22)15-19-9-12(3)20-15/h9,11,13-14H,5-8,10H2,1-4H3,(H,19,20)(H,21,24)/t13-,14-,18-/m0/s1. The number of H-pyrrole nitrogens is 1. The van der Waals surface area contributed by atoms with Gasteiger partial charge in [0.15, 0.2) is 0 Å². The van der Waals surface area contributed by atoms with Crippen LogP contribution >= 0.6 is 0 Å². The molecule has 1 spiro atoms. The summed E-state index contributed by atoms with van der Waals surface area (Å²) in [5.41, 5.74) is 0.641. The van der Waals surface area contributed by atoms with Gasteiger partial charge in [-0.1, -0.05) is 13.8 Å². The van der Waals surface area contributed by atoms with E-state index in [1.807, 2.05) is 25.7 Å². The number of aromatic nitrogens is 2.